The number of imide groups is 1. The van der Waals surface area contributed by atoms with E-state index >= 15 is 0 Å². The highest BCUT2D eigenvalue weighted by Crippen LogP contribution is 2.31. The summed E-state index contributed by atoms with van der Waals surface area (Å²) in [5.74, 6) is -2.07. The van der Waals surface area contributed by atoms with Crippen molar-refractivity contribution in [1.82, 2.24) is 5.06 Å². The van der Waals surface area contributed by atoms with Crippen LogP contribution in [0.25, 0.3) is 0 Å². The second-order valence-electron chi connectivity index (χ2n) is 5.02. The number of amides is 2. The third kappa shape index (κ3) is 7.47. The van der Waals surface area contributed by atoms with Crippen molar-refractivity contribution in [3.63, 3.8) is 0 Å². The number of hydrogen-bond acceptors (Lipinski definition) is 6. The monoisotopic (exact) mass is 373 g/mol. The third-order valence-electron chi connectivity index (χ3n) is 3.08. The molecule has 1 unspecified atom stereocenters. The maximum Gasteiger partial charge on any atom is 0.391 e. The van der Waals surface area contributed by atoms with Crippen LogP contribution in [-0.2, 0) is 19.2 Å². The van der Waals surface area contributed by atoms with Gasteiger partial charge >= 0.3 is 12.1 Å². The molecule has 10 heteroatoms. The van der Waals surface area contributed by atoms with Gasteiger partial charge in [0.2, 0.25) is 0 Å². The van der Waals surface area contributed by atoms with Gasteiger partial charge in [0.15, 0.2) is 0 Å². The van der Waals surface area contributed by atoms with Gasteiger partial charge in [-0.25, -0.2) is 4.79 Å². The molecular formula is C13H18F3NO4S2. The first-order chi connectivity index (χ1) is 10.7. The van der Waals surface area contributed by atoms with Crippen LogP contribution in [0.2, 0.25) is 0 Å². The molecule has 1 aliphatic rings. The summed E-state index contributed by atoms with van der Waals surface area (Å²) in [6, 6.07) is 0. The van der Waals surface area contributed by atoms with E-state index in [9.17, 15) is 27.6 Å². The fourth-order valence-corrected chi connectivity index (χ4v) is 3.88. The van der Waals surface area contributed by atoms with Crippen molar-refractivity contribution >= 4 is 39.4 Å². The molecule has 0 radical (unpaired) electrons. The summed E-state index contributed by atoms with van der Waals surface area (Å²) in [4.78, 5) is 38.6. The normalized spacial score (nSPS) is 16.8. The molecule has 0 aromatic rings. The van der Waals surface area contributed by atoms with Gasteiger partial charge in [0.1, 0.15) is 0 Å². The number of rotatable bonds is 9. The molecule has 0 aromatic carbocycles. The molecule has 1 atom stereocenters. The van der Waals surface area contributed by atoms with E-state index in [1.54, 1.807) is 0 Å². The largest absolute Gasteiger partial charge is 0.391 e. The average molecular weight is 373 g/mol. The zero-order valence-corrected chi connectivity index (χ0v) is 14.2. The molecule has 0 saturated carbocycles. The van der Waals surface area contributed by atoms with Crippen molar-refractivity contribution < 1.29 is 32.4 Å². The number of carbonyl (C=O) groups is 3. The molecule has 0 spiro atoms. The maximum atomic E-state index is 12.3. The summed E-state index contributed by atoms with van der Waals surface area (Å²) in [5.41, 5.74) is 0. The van der Waals surface area contributed by atoms with Crippen LogP contribution in [0.5, 0.6) is 0 Å². The first-order valence-electron chi connectivity index (χ1n) is 7.09. The van der Waals surface area contributed by atoms with Crippen LogP contribution in [0.3, 0.4) is 0 Å². The second kappa shape index (κ2) is 9.41. The minimum atomic E-state index is -4.15. The standard InChI is InChI=1S/C13H18F3NO4S2/c1-9(13(14,15)16)6-8-23-22-7-2-3-12(20)21-17-10(18)4-5-11(17)19/h9H,2-8H2,1H3. The van der Waals surface area contributed by atoms with Gasteiger partial charge in [-0.3, -0.25) is 9.59 Å². The molecule has 0 aromatic heterocycles. The van der Waals surface area contributed by atoms with Gasteiger partial charge in [0, 0.05) is 30.8 Å². The van der Waals surface area contributed by atoms with Crippen molar-refractivity contribution in [3.05, 3.63) is 0 Å². The fourth-order valence-electron chi connectivity index (χ4n) is 1.59. The molecule has 0 N–H and O–H groups in total. The molecule has 0 bridgehead atoms. The predicted molar refractivity (Wildman–Crippen MR) is 81.2 cm³/mol. The lowest BCUT2D eigenvalue weighted by molar-refractivity contribution is -0.197. The van der Waals surface area contributed by atoms with Crippen molar-refractivity contribution in [3.8, 4) is 0 Å². The molecule has 2 amide bonds. The van der Waals surface area contributed by atoms with E-state index in [2.05, 4.69) is 4.84 Å². The Bertz CT molecular complexity index is 429. The molecular weight excluding hydrogens is 355 g/mol. The third-order valence-corrected chi connectivity index (χ3v) is 5.61. The van der Waals surface area contributed by atoms with Gasteiger partial charge in [-0.1, -0.05) is 28.5 Å². The van der Waals surface area contributed by atoms with Crippen LogP contribution < -0.4 is 0 Å². The Morgan fingerprint density at radius 3 is 2.35 bits per heavy atom. The molecule has 5 nitrogen and oxygen atoms in total. The van der Waals surface area contributed by atoms with Crippen LogP contribution >= 0.6 is 21.6 Å². The topological polar surface area (TPSA) is 63.7 Å². The highest BCUT2D eigenvalue weighted by Gasteiger charge is 2.35. The SMILES string of the molecule is CC(CCSSCCCC(=O)ON1C(=O)CCC1=O)C(F)(F)F. The van der Waals surface area contributed by atoms with Gasteiger partial charge in [-0.2, -0.15) is 13.2 Å². The molecule has 1 rings (SSSR count). The molecule has 1 fully saturated rings. The summed E-state index contributed by atoms with van der Waals surface area (Å²) in [7, 11) is 2.71. The number of hydrogen-bond donors (Lipinski definition) is 0. The minimum Gasteiger partial charge on any atom is -0.330 e. The molecule has 0 aliphatic carbocycles. The number of nitrogens with zero attached hydrogens (tertiary/aromatic N) is 1. The Labute approximate surface area is 140 Å². The van der Waals surface area contributed by atoms with Gasteiger partial charge < -0.3 is 4.84 Å². The van der Waals surface area contributed by atoms with Crippen molar-refractivity contribution in [2.75, 3.05) is 11.5 Å². The first kappa shape index (κ1) is 20.1. The summed E-state index contributed by atoms with van der Waals surface area (Å²) in [5, 5.41) is 0.503. The minimum absolute atomic E-state index is 0.0452. The fraction of sp³-hybridized carbons (Fsp3) is 0.769. The van der Waals surface area contributed by atoms with Crippen LogP contribution in [0, 0.1) is 5.92 Å². The van der Waals surface area contributed by atoms with Crippen LogP contribution in [0.4, 0.5) is 13.2 Å². The lowest BCUT2D eigenvalue weighted by atomic mass is 10.1. The zero-order chi connectivity index (χ0) is 17.5. The van der Waals surface area contributed by atoms with E-state index in [-0.39, 0.29) is 25.7 Å². The van der Waals surface area contributed by atoms with Crippen molar-refractivity contribution in [2.24, 2.45) is 5.92 Å². The predicted octanol–water partition coefficient (Wildman–Crippen LogP) is 3.34. The Balaban J connectivity index is 2.03. The van der Waals surface area contributed by atoms with Gasteiger partial charge in [0.25, 0.3) is 11.8 Å². The molecule has 1 heterocycles. The maximum absolute atomic E-state index is 12.3. The average Bonchev–Trinajstić information content (AvgIpc) is 2.77. The number of alkyl halides is 3. The van der Waals surface area contributed by atoms with E-state index in [1.165, 1.54) is 21.6 Å². The number of carbonyl (C=O) groups excluding carboxylic acids is 3. The van der Waals surface area contributed by atoms with Crippen molar-refractivity contribution in [1.29, 1.82) is 0 Å². The highest BCUT2D eigenvalue weighted by molar-refractivity contribution is 8.76. The lowest BCUT2D eigenvalue weighted by Gasteiger charge is -2.14. The molecule has 1 aliphatic heterocycles. The summed E-state index contributed by atoms with van der Waals surface area (Å²) >= 11 is 0. The van der Waals surface area contributed by atoms with Crippen molar-refractivity contribution in [2.45, 2.75) is 45.2 Å². The van der Waals surface area contributed by atoms with Crippen LogP contribution in [-0.4, -0.2) is 40.5 Å². The Hall–Kier alpha value is -0.900. The number of hydroxylamine groups is 2. The lowest BCUT2D eigenvalue weighted by Crippen LogP contribution is -2.31. The van der Waals surface area contributed by atoms with E-state index in [1.807, 2.05) is 0 Å². The smallest absolute Gasteiger partial charge is 0.330 e. The summed E-state index contributed by atoms with van der Waals surface area (Å²) in [6.07, 6.45) is -3.49. The zero-order valence-electron chi connectivity index (χ0n) is 12.6. The van der Waals surface area contributed by atoms with E-state index in [4.69, 9.17) is 0 Å². The summed E-state index contributed by atoms with van der Waals surface area (Å²) < 4.78 is 36.8. The Morgan fingerprint density at radius 2 is 1.78 bits per heavy atom. The molecule has 132 valence electrons. The molecule has 23 heavy (non-hydrogen) atoms. The Morgan fingerprint density at radius 1 is 1.22 bits per heavy atom. The van der Waals surface area contributed by atoms with E-state index in [0.717, 1.165) is 6.92 Å². The van der Waals surface area contributed by atoms with E-state index in [0.29, 0.717) is 23.0 Å². The quantitative estimate of drug-likeness (QED) is 0.351. The molecule has 1 saturated heterocycles. The van der Waals surface area contributed by atoms with E-state index < -0.39 is 29.9 Å². The van der Waals surface area contributed by atoms with Crippen LogP contribution in [0.15, 0.2) is 0 Å². The van der Waals surface area contributed by atoms with Gasteiger partial charge in [-0.15, -0.1) is 5.06 Å². The van der Waals surface area contributed by atoms with Gasteiger partial charge in [0.05, 0.1) is 5.92 Å². The first-order valence-corrected chi connectivity index (χ1v) is 9.58. The number of halogens is 3. The second-order valence-corrected chi connectivity index (χ2v) is 7.73. The van der Waals surface area contributed by atoms with Crippen LogP contribution in [0.1, 0.15) is 39.0 Å². The summed E-state index contributed by atoms with van der Waals surface area (Å²) in [6.45, 7) is 1.15. The van der Waals surface area contributed by atoms with Gasteiger partial charge in [-0.05, 0) is 12.8 Å². The Kier molecular flexibility index (Phi) is 8.24. The highest BCUT2D eigenvalue weighted by atomic mass is 33.1.